The number of benzene rings is 2. The van der Waals surface area contributed by atoms with E-state index in [0.717, 1.165) is 37.1 Å². The molecular weight excluding hydrogens is 299 g/mol. The number of nitrogens with one attached hydrogen (secondary N) is 1. The fourth-order valence-electron chi connectivity index (χ4n) is 3.03. The monoisotopic (exact) mass is 316 g/mol. The highest BCUT2D eigenvalue weighted by Crippen LogP contribution is 2.31. The number of halogens is 2. The fraction of sp³-hybridized carbons (Fsp3) is 0.278. The summed E-state index contributed by atoms with van der Waals surface area (Å²) in [5.41, 5.74) is 1.67. The van der Waals surface area contributed by atoms with Crippen molar-refractivity contribution in [2.75, 3.05) is 13.1 Å². The van der Waals surface area contributed by atoms with Crippen LogP contribution in [0.3, 0.4) is 0 Å². The van der Waals surface area contributed by atoms with Crippen LogP contribution in [0.2, 0.25) is 5.02 Å². The predicted octanol–water partition coefficient (Wildman–Crippen LogP) is 4.68. The first-order valence-electron chi connectivity index (χ1n) is 7.49. The summed E-state index contributed by atoms with van der Waals surface area (Å²) in [7, 11) is 0. The second-order valence-electron chi connectivity index (χ2n) is 5.64. The highest BCUT2D eigenvalue weighted by molar-refractivity contribution is 6.30. The highest BCUT2D eigenvalue weighted by Gasteiger charge is 2.24. The molecule has 22 heavy (non-hydrogen) atoms. The van der Waals surface area contributed by atoms with Crippen LogP contribution in [0.25, 0.3) is 0 Å². The molecule has 0 saturated carbocycles. The Labute approximate surface area is 135 Å². The van der Waals surface area contributed by atoms with E-state index in [1.165, 1.54) is 6.07 Å². The van der Waals surface area contributed by atoms with Crippen molar-refractivity contribution >= 4 is 17.4 Å². The maximum Gasteiger partial charge on any atom is 0.128 e. The van der Waals surface area contributed by atoms with Crippen molar-refractivity contribution in [2.45, 2.75) is 18.8 Å². The Hall–Kier alpha value is -1.87. The van der Waals surface area contributed by atoms with Gasteiger partial charge in [-0.1, -0.05) is 48.0 Å². The molecule has 2 aromatic carbocycles. The minimum Gasteiger partial charge on any atom is -0.357 e. The van der Waals surface area contributed by atoms with E-state index in [-0.39, 0.29) is 11.7 Å². The number of piperidine rings is 1. The van der Waals surface area contributed by atoms with Gasteiger partial charge in [0, 0.05) is 23.7 Å². The standard InChI is InChI=1S/C18H18ClFN2/c19-15-6-7-16(17(20)12-15)13-8-10-22(11-9-13)18(21)14-4-2-1-3-5-14/h1-7,12-13,21H,8-11H2. The minimum atomic E-state index is -0.218. The van der Waals surface area contributed by atoms with Gasteiger partial charge in [-0.05, 0) is 36.5 Å². The van der Waals surface area contributed by atoms with Crippen LogP contribution >= 0.6 is 11.6 Å². The lowest BCUT2D eigenvalue weighted by Gasteiger charge is -2.34. The van der Waals surface area contributed by atoms with Gasteiger partial charge in [0.15, 0.2) is 0 Å². The summed E-state index contributed by atoms with van der Waals surface area (Å²) >= 11 is 5.81. The molecule has 1 aliphatic rings. The first-order valence-corrected chi connectivity index (χ1v) is 7.87. The van der Waals surface area contributed by atoms with Crippen LogP contribution < -0.4 is 0 Å². The second-order valence-corrected chi connectivity index (χ2v) is 6.08. The van der Waals surface area contributed by atoms with E-state index in [4.69, 9.17) is 17.0 Å². The lowest BCUT2D eigenvalue weighted by molar-refractivity contribution is 0.308. The Morgan fingerprint density at radius 3 is 2.41 bits per heavy atom. The number of hydrogen-bond donors (Lipinski definition) is 1. The molecule has 0 atom stereocenters. The molecule has 1 aliphatic heterocycles. The molecule has 3 rings (SSSR count). The van der Waals surface area contributed by atoms with Crippen molar-refractivity contribution in [3.63, 3.8) is 0 Å². The Morgan fingerprint density at radius 1 is 1.09 bits per heavy atom. The predicted molar refractivity (Wildman–Crippen MR) is 88.2 cm³/mol. The van der Waals surface area contributed by atoms with Gasteiger partial charge in [0.05, 0.1) is 0 Å². The van der Waals surface area contributed by atoms with Crippen LogP contribution in [0.15, 0.2) is 48.5 Å². The highest BCUT2D eigenvalue weighted by atomic mass is 35.5. The van der Waals surface area contributed by atoms with Crippen molar-refractivity contribution < 1.29 is 4.39 Å². The van der Waals surface area contributed by atoms with Crippen LogP contribution in [0.5, 0.6) is 0 Å². The average Bonchev–Trinajstić information content (AvgIpc) is 2.55. The lowest BCUT2D eigenvalue weighted by Crippen LogP contribution is -2.38. The number of rotatable bonds is 2. The topological polar surface area (TPSA) is 27.1 Å². The van der Waals surface area contributed by atoms with Crippen molar-refractivity contribution in [2.24, 2.45) is 0 Å². The summed E-state index contributed by atoms with van der Waals surface area (Å²) in [5.74, 6) is 0.539. The third kappa shape index (κ3) is 3.14. The van der Waals surface area contributed by atoms with Gasteiger partial charge < -0.3 is 4.90 Å². The summed E-state index contributed by atoms with van der Waals surface area (Å²) < 4.78 is 14.0. The second kappa shape index (κ2) is 6.49. The smallest absolute Gasteiger partial charge is 0.128 e. The molecular formula is C18H18ClFN2. The molecule has 0 aromatic heterocycles. The van der Waals surface area contributed by atoms with Gasteiger partial charge in [0.25, 0.3) is 0 Å². The normalized spacial score (nSPS) is 15.8. The Kier molecular flexibility index (Phi) is 4.44. The quantitative estimate of drug-likeness (QED) is 0.632. The molecule has 2 aromatic rings. The van der Waals surface area contributed by atoms with Gasteiger partial charge in [-0.15, -0.1) is 0 Å². The molecule has 0 spiro atoms. The van der Waals surface area contributed by atoms with Crippen LogP contribution in [-0.2, 0) is 0 Å². The van der Waals surface area contributed by atoms with E-state index in [2.05, 4.69) is 4.90 Å². The molecule has 0 unspecified atom stereocenters. The van der Waals surface area contributed by atoms with Gasteiger partial charge >= 0.3 is 0 Å². The molecule has 0 amide bonds. The van der Waals surface area contributed by atoms with Gasteiger partial charge in [-0.25, -0.2) is 4.39 Å². The molecule has 1 heterocycles. The zero-order valence-corrected chi connectivity index (χ0v) is 13.0. The van der Waals surface area contributed by atoms with Crippen LogP contribution in [0, 0.1) is 11.2 Å². The maximum atomic E-state index is 14.0. The fourth-order valence-corrected chi connectivity index (χ4v) is 3.18. The van der Waals surface area contributed by atoms with Crippen LogP contribution in [0.1, 0.15) is 29.9 Å². The number of likely N-dealkylation sites (tertiary alicyclic amines) is 1. The summed E-state index contributed by atoms with van der Waals surface area (Å²) in [6.07, 6.45) is 1.71. The molecule has 2 nitrogen and oxygen atoms in total. The molecule has 4 heteroatoms. The van der Waals surface area contributed by atoms with Gasteiger partial charge in [0.1, 0.15) is 11.7 Å². The van der Waals surface area contributed by atoms with E-state index in [1.54, 1.807) is 12.1 Å². The molecule has 114 valence electrons. The Bertz CT molecular complexity index is 664. The first kappa shape index (κ1) is 15.0. The van der Waals surface area contributed by atoms with E-state index >= 15 is 0 Å². The molecule has 1 fully saturated rings. The van der Waals surface area contributed by atoms with Gasteiger partial charge in [-0.3, -0.25) is 5.41 Å². The minimum absolute atomic E-state index is 0.206. The SMILES string of the molecule is N=C(c1ccccc1)N1CCC(c2ccc(Cl)cc2F)CC1. The van der Waals surface area contributed by atoms with Crippen molar-refractivity contribution in [3.8, 4) is 0 Å². The summed E-state index contributed by atoms with van der Waals surface area (Å²) in [6, 6.07) is 14.7. The third-order valence-electron chi connectivity index (χ3n) is 4.26. The average molecular weight is 317 g/mol. The van der Waals surface area contributed by atoms with E-state index in [1.807, 2.05) is 30.3 Å². The summed E-state index contributed by atoms with van der Waals surface area (Å²) in [4.78, 5) is 2.07. The van der Waals surface area contributed by atoms with E-state index in [9.17, 15) is 4.39 Å². The number of hydrogen-bond acceptors (Lipinski definition) is 1. The molecule has 1 N–H and O–H groups in total. The molecule has 1 saturated heterocycles. The van der Waals surface area contributed by atoms with Gasteiger partial charge in [-0.2, -0.15) is 0 Å². The number of amidine groups is 1. The third-order valence-corrected chi connectivity index (χ3v) is 4.50. The van der Waals surface area contributed by atoms with Crippen molar-refractivity contribution in [1.29, 1.82) is 5.41 Å². The lowest BCUT2D eigenvalue weighted by atomic mass is 9.89. The van der Waals surface area contributed by atoms with Gasteiger partial charge in [0.2, 0.25) is 0 Å². The van der Waals surface area contributed by atoms with Crippen LogP contribution in [-0.4, -0.2) is 23.8 Å². The van der Waals surface area contributed by atoms with E-state index in [0.29, 0.717) is 10.9 Å². The summed E-state index contributed by atoms with van der Waals surface area (Å²) in [5, 5.41) is 8.73. The first-order chi connectivity index (χ1) is 10.6. The van der Waals surface area contributed by atoms with Crippen molar-refractivity contribution in [1.82, 2.24) is 4.90 Å². The Balaban J connectivity index is 1.66. The summed E-state index contributed by atoms with van der Waals surface area (Å²) in [6.45, 7) is 1.56. The largest absolute Gasteiger partial charge is 0.357 e. The molecule has 0 aliphatic carbocycles. The van der Waals surface area contributed by atoms with E-state index < -0.39 is 0 Å². The Morgan fingerprint density at radius 2 is 1.77 bits per heavy atom. The number of nitrogens with zero attached hydrogens (tertiary/aromatic N) is 1. The molecule has 0 bridgehead atoms. The zero-order chi connectivity index (χ0) is 15.5. The maximum absolute atomic E-state index is 14.0. The van der Waals surface area contributed by atoms with Crippen LogP contribution in [0.4, 0.5) is 4.39 Å². The molecule has 0 radical (unpaired) electrons. The van der Waals surface area contributed by atoms with Crippen molar-refractivity contribution in [3.05, 3.63) is 70.5 Å². The zero-order valence-electron chi connectivity index (χ0n) is 12.2.